The van der Waals surface area contributed by atoms with Gasteiger partial charge in [0.2, 0.25) is 5.91 Å². The van der Waals surface area contributed by atoms with Gasteiger partial charge in [-0.3, -0.25) is 9.59 Å². The fourth-order valence-corrected chi connectivity index (χ4v) is 5.05. The monoisotopic (exact) mass is 515 g/mol. The third-order valence-electron chi connectivity index (χ3n) is 6.79. The molecular weight excluding hydrogens is 493 g/mol. The zero-order valence-corrected chi connectivity index (χ0v) is 20.3. The molecule has 0 unspecified atom stereocenters. The van der Waals surface area contributed by atoms with Crippen LogP contribution in [0.4, 0.5) is 4.39 Å². The number of aromatic nitrogens is 2. The molecule has 1 amide bonds. The predicted octanol–water partition coefficient (Wildman–Crippen LogP) is 2.26. The van der Waals surface area contributed by atoms with Crippen LogP contribution in [0.25, 0.3) is 22.3 Å². The molecule has 5 rings (SSSR count). The van der Waals surface area contributed by atoms with Gasteiger partial charge >= 0.3 is 5.97 Å². The summed E-state index contributed by atoms with van der Waals surface area (Å²) < 4.78 is 20.9. The molecule has 0 saturated carbocycles. The van der Waals surface area contributed by atoms with Gasteiger partial charge in [0.1, 0.15) is 12.4 Å². The number of benzene rings is 1. The van der Waals surface area contributed by atoms with E-state index in [1.807, 2.05) is 0 Å². The van der Waals surface area contributed by atoms with Crippen molar-refractivity contribution in [3.05, 3.63) is 61.6 Å². The molecular formula is C25H23ClFN3O6. The van der Waals surface area contributed by atoms with Gasteiger partial charge in [-0.25, -0.2) is 14.2 Å². The Morgan fingerprint density at radius 2 is 2.08 bits per heavy atom. The van der Waals surface area contributed by atoms with Crippen LogP contribution in [0.15, 0.2) is 23.0 Å². The molecule has 0 radical (unpaired) electrons. The lowest BCUT2D eigenvalue weighted by Gasteiger charge is -2.31. The van der Waals surface area contributed by atoms with Crippen LogP contribution < -0.4 is 10.9 Å². The number of pyridine rings is 2. The van der Waals surface area contributed by atoms with Gasteiger partial charge < -0.3 is 24.8 Å². The number of aliphatic hydroxyl groups excluding tert-OH is 1. The molecule has 2 aliphatic rings. The molecule has 0 bridgehead atoms. The quantitative estimate of drug-likeness (QED) is 0.347. The van der Waals surface area contributed by atoms with E-state index in [1.54, 1.807) is 13.0 Å². The van der Waals surface area contributed by atoms with Crippen molar-refractivity contribution in [3.63, 3.8) is 0 Å². The summed E-state index contributed by atoms with van der Waals surface area (Å²) in [7, 11) is 0. The van der Waals surface area contributed by atoms with Crippen LogP contribution in [0.3, 0.4) is 0 Å². The van der Waals surface area contributed by atoms with E-state index in [1.165, 1.54) is 23.6 Å². The molecule has 36 heavy (non-hydrogen) atoms. The van der Waals surface area contributed by atoms with Crippen LogP contribution in [0.2, 0.25) is 5.02 Å². The summed E-state index contributed by atoms with van der Waals surface area (Å²) in [6, 6.07) is 4.17. The van der Waals surface area contributed by atoms with Crippen molar-refractivity contribution in [3.8, 4) is 11.4 Å². The minimum atomic E-state index is -1.97. The lowest BCUT2D eigenvalue weighted by atomic mass is 9.86. The highest BCUT2D eigenvalue weighted by Crippen LogP contribution is 2.40. The normalized spacial score (nSPS) is 18.9. The number of carbonyl (C=O) groups excluding carboxylic acids is 2. The first-order chi connectivity index (χ1) is 17.0. The molecule has 2 aliphatic heterocycles. The molecule has 0 spiro atoms. The fourth-order valence-electron chi connectivity index (χ4n) is 4.89. The zero-order chi connectivity index (χ0) is 25.9. The smallest absolute Gasteiger partial charge is 0.343 e. The minimum absolute atomic E-state index is 0.00397. The van der Waals surface area contributed by atoms with Crippen molar-refractivity contribution in [2.45, 2.75) is 58.1 Å². The Bertz CT molecular complexity index is 1520. The summed E-state index contributed by atoms with van der Waals surface area (Å²) in [5.74, 6) is -1.89. The van der Waals surface area contributed by atoms with Gasteiger partial charge in [0.15, 0.2) is 5.60 Å². The summed E-state index contributed by atoms with van der Waals surface area (Å²) in [6.45, 7) is 2.98. The average Bonchev–Trinajstić information content (AvgIpc) is 3.19. The maximum Gasteiger partial charge on any atom is 0.343 e. The Morgan fingerprint density at radius 3 is 2.78 bits per heavy atom. The summed E-state index contributed by atoms with van der Waals surface area (Å²) in [5, 5.41) is 23.7. The van der Waals surface area contributed by atoms with E-state index in [4.69, 9.17) is 16.3 Å². The number of halogens is 2. The maximum absolute atomic E-state index is 14.4. The molecule has 11 heteroatoms. The second kappa shape index (κ2) is 8.65. The first-order valence-corrected chi connectivity index (χ1v) is 11.8. The summed E-state index contributed by atoms with van der Waals surface area (Å²) in [5.41, 5.74) is 0.160. The summed E-state index contributed by atoms with van der Waals surface area (Å²) in [4.78, 5) is 42.7. The van der Waals surface area contributed by atoms with Gasteiger partial charge in [0, 0.05) is 29.1 Å². The first kappa shape index (κ1) is 24.4. The summed E-state index contributed by atoms with van der Waals surface area (Å²) in [6.07, 6.45) is -0.925. The number of hydrogen-bond acceptors (Lipinski definition) is 7. The lowest BCUT2D eigenvalue weighted by molar-refractivity contribution is -0.172. The van der Waals surface area contributed by atoms with Crippen LogP contribution in [0, 0.1) is 5.82 Å². The van der Waals surface area contributed by atoms with Crippen LogP contribution >= 0.6 is 11.6 Å². The molecule has 188 valence electrons. The molecule has 0 fully saturated rings. The number of nitrogens with one attached hydrogen (secondary N) is 1. The van der Waals surface area contributed by atoms with Crippen LogP contribution in [-0.2, 0) is 39.6 Å². The van der Waals surface area contributed by atoms with E-state index >= 15 is 0 Å². The molecule has 1 aromatic carbocycles. The number of esters is 1. The second-order valence-corrected chi connectivity index (χ2v) is 9.54. The molecule has 3 aromatic rings. The SMILES string of the molecule is CC[C@@]1(O)C(=O)OCc2c1cc1n(c2=O)Cc2c-1nc1cc(F)c(Cl)cc1c2CNC(=O)C[C@H](C)O. The number of carbonyl (C=O) groups is 2. The third-order valence-corrected chi connectivity index (χ3v) is 7.08. The third kappa shape index (κ3) is 3.68. The number of hydrogen-bond donors (Lipinski definition) is 3. The van der Waals surface area contributed by atoms with Gasteiger partial charge in [-0.2, -0.15) is 0 Å². The highest BCUT2D eigenvalue weighted by atomic mass is 35.5. The molecule has 0 saturated heterocycles. The Labute approximate surface area is 209 Å². The summed E-state index contributed by atoms with van der Waals surface area (Å²) >= 11 is 6.05. The predicted molar refractivity (Wildman–Crippen MR) is 128 cm³/mol. The van der Waals surface area contributed by atoms with Crippen LogP contribution in [0.5, 0.6) is 0 Å². The van der Waals surface area contributed by atoms with Crippen molar-refractivity contribution in [1.82, 2.24) is 14.9 Å². The van der Waals surface area contributed by atoms with E-state index in [-0.39, 0.29) is 60.1 Å². The van der Waals surface area contributed by atoms with E-state index in [0.717, 1.165) is 0 Å². The van der Waals surface area contributed by atoms with Crippen molar-refractivity contribution < 1.29 is 28.9 Å². The van der Waals surface area contributed by atoms with E-state index in [9.17, 15) is 29.0 Å². The number of ether oxygens (including phenoxy) is 1. The topological polar surface area (TPSA) is 131 Å². The van der Waals surface area contributed by atoms with Gasteiger partial charge in [-0.05, 0) is 31.0 Å². The van der Waals surface area contributed by atoms with Crippen molar-refractivity contribution >= 4 is 34.4 Å². The van der Waals surface area contributed by atoms with Gasteiger partial charge in [0.25, 0.3) is 5.56 Å². The maximum atomic E-state index is 14.4. The number of aliphatic hydroxyl groups is 2. The van der Waals surface area contributed by atoms with E-state index < -0.39 is 29.1 Å². The highest BCUT2D eigenvalue weighted by molar-refractivity contribution is 6.31. The van der Waals surface area contributed by atoms with E-state index in [0.29, 0.717) is 27.9 Å². The lowest BCUT2D eigenvalue weighted by Crippen LogP contribution is -2.44. The number of nitrogens with zero attached hydrogens (tertiary/aromatic N) is 2. The Balaban J connectivity index is 1.72. The number of cyclic esters (lactones) is 1. The standard InChI is InChI=1S/C25H23ClFN3O6/c1-3-25(35)16-6-20-22-14(9-30(20)23(33)15(16)10-36-24(25)34)13(8-28-21(32)4-11(2)31)12-5-17(26)18(27)7-19(12)29-22/h5-7,11,31,35H,3-4,8-10H2,1-2H3,(H,28,32)/t11-,25-/m0/s1. The Morgan fingerprint density at radius 1 is 1.33 bits per heavy atom. The minimum Gasteiger partial charge on any atom is -0.458 e. The largest absolute Gasteiger partial charge is 0.458 e. The fraction of sp³-hybridized carbons (Fsp3) is 0.360. The number of rotatable bonds is 5. The molecule has 0 aliphatic carbocycles. The van der Waals surface area contributed by atoms with Crippen molar-refractivity contribution in [2.24, 2.45) is 0 Å². The van der Waals surface area contributed by atoms with Gasteiger partial charge in [-0.15, -0.1) is 0 Å². The zero-order valence-electron chi connectivity index (χ0n) is 19.5. The molecule has 2 atom stereocenters. The Hall–Kier alpha value is -3.34. The number of fused-ring (bicyclic) bond motifs is 5. The van der Waals surface area contributed by atoms with E-state index in [2.05, 4.69) is 10.3 Å². The van der Waals surface area contributed by atoms with Crippen LogP contribution in [0.1, 0.15) is 48.9 Å². The highest BCUT2D eigenvalue weighted by Gasteiger charge is 2.45. The molecule has 9 nitrogen and oxygen atoms in total. The number of amides is 1. The first-order valence-electron chi connectivity index (χ1n) is 11.5. The van der Waals surface area contributed by atoms with Crippen LogP contribution in [-0.4, -0.2) is 37.7 Å². The van der Waals surface area contributed by atoms with Gasteiger partial charge in [0.05, 0.1) is 46.6 Å². The Kier molecular flexibility index (Phi) is 5.85. The molecule has 3 N–H and O–H groups in total. The molecule has 4 heterocycles. The van der Waals surface area contributed by atoms with Crippen molar-refractivity contribution in [2.75, 3.05) is 0 Å². The molecule has 2 aromatic heterocycles. The average molecular weight is 516 g/mol. The second-order valence-electron chi connectivity index (χ2n) is 9.13. The van der Waals surface area contributed by atoms with Gasteiger partial charge in [-0.1, -0.05) is 18.5 Å². The van der Waals surface area contributed by atoms with Crippen molar-refractivity contribution in [1.29, 1.82) is 0 Å².